The first-order valence-corrected chi connectivity index (χ1v) is 7.35. The maximum atomic E-state index is 11.9. The van der Waals surface area contributed by atoms with E-state index in [4.69, 9.17) is 5.73 Å². The van der Waals surface area contributed by atoms with Crippen LogP contribution in [0.2, 0.25) is 0 Å². The summed E-state index contributed by atoms with van der Waals surface area (Å²) in [5.74, 6) is -0.238. The quantitative estimate of drug-likeness (QED) is 0.886. The van der Waals surface area contributed by atoms with E-state index in [1.54, 1.807) is 11.8 Å². The van der Waals surface area contributed by atoms with Gasteiger partial charge in [0.25, 0.3) is 0 Å². The van der Waals surface area contributed by atoms with Crippen LogP contribution < -0.4 is 11.1 Å². The lowest BCUT2D eigenvalue weighted by Crippen LogP contribution is -2.26. The Hall–Kier alpha value is -1.78. The summed E-state index contributed by atoms with van der Waals surface area (Å²) in [7, 11) is 0. The van der Waals surface area contributed by atoms with Gasteiger partial charge in [-0.1, -0.05) is 49.0 Å². The Morgan fingerprint density at radius 2 is 1.80 bits per heavy atom. The van der Waals surface area contributed by atoms with Crippen molar-refractivity contribution < 1.29 is 4.79 Å². The molecule has 0 fully saturated rings. The maximum absolute atomic E-state index is 11.9. The van der Waals surface area contributed by atoms with Crippen molar-refractivity contribution in [2.75, 3.05) is 11.9 Å². The summed E-state index contributed by atoms with van der Waals surface area (Å²) in [4.78, 5) is 14.1. The standard InChI is InChI=1S/C16H18N2OS/c1-12(11-17)16(19)18-14-9-5-6-10-15(14)20-13-7-3-2-4-8-13/h2-10,12H,11,17H2,1H3,(H,18,19). The van der Waals surface area contributed by atoms with Gasteiger partial charge >= 0.3 is 0 Å². The Balaban J connectivity index is 2.16. The van der Waals surface area contributed by atoms with Crippen LogP contribution in [0.25, 0.3) is 0 Å². The first-order chi connectivity index (χ1) is 9.70. The van der Waals surface area contributed by atoms with Crippen LogP contribution in [-0.4, -0.2) is 12.5 Å². The van der Waals surface area contributed by atoms with Crippen LogP contribution in [0.5, 0.6) is 0 Å². The molecule has 0 aliphatic rings. The van der Waals surface area contributed by atoms with E-state index in [1.807, 2.05) is 61.5 Å². The van der Waals surface area contributed by atoms with Gasteiger partial charge in [-0.3, -0.25) is 4.79 Å². The Kier molecular flexibility index (Phi) is 5.21. The molecule has 2 rings (SSSR count). The fourth-order valence-electron chi connectivity index (χ4n) is 1.64. The molecule has 104 valence electrons. The second kappa shape index (κ2) is 7.12. The van der Waals surface area contributed by atoms with E-state index in [9.17, 15) is 4.79 Å². The molecule has 20 heavy (non-hydrogen) atoms. The summed E-state index contributed by atoms with van der Waals surface area (Å²) in [6.45, 7) is 2.17. The van der Waals surface area contributed by atoms with Crippen LogP contribution in [0.4, 0.5) is 5.69 Å². The van der Waals surface area contributed by atoms with Crippen LogP contribution in [-0.2, 0) is 4.79 Å². The SMILES string of the molecule is CC(CN)C(=O)Nc1ccccc1Sc1ccccc1. The molecule has 3 nitrogen and oxygen atoms in total. The van der Waals surface area contributed by atoms with E-state index in [2.05, 4.69) is 5.32 Å². The lowest BCUT2D eigenvalue weighted by molar-refractivity contribution is -0.119. The van der Waals surface area contributed by atoms with E-state index in [0.717, 1.165) is 15.5 Å². The first-order valence-electron chi connectivity index (χ1n) is 6.53. The molecule has 0 aliphatic heterocycles. The van der Waals surface area contributed by atoms with E-state index < -0.39 is 0 Å². The fraction of sp³-hybridized carbons (Fsp3) is 0.188. The van der Waals surface area contributed by atoms with E-state index in [-0.39, 0.29) is 11.8 Å². The first kappa shape index (κ1) is 14.6. The molecule has 0 bridgehead atoms. The lowest BCUT2D eigenvalue weighted by atomic mass is 10.1. The summed E-state index contributed by atoms with van der Waals surface area (Å²) < 4.78 is 0. The molecule has 3 N–H and O–H groups in total. The number of para-hydroxylation sites is 1. The van der Waals surface area contributed by atoms with Gasteiger partial charge in [0.2, 0.25) is 5.91 Å². The number of carbonyl (C=O) groups excluding carboxylic acids is 1. The number of benzene rings is 2. The summed E-state index contributed by atoms with van der Waals surface area (Å²) in [5, 5.41) is 2.94. The highest BCUT2D eigenvalue weighted by Crippen LogP contribution is 2.33. The van der Waals surface area contributed by atoms with Crippen molar-refractivity contribution >= 4 is 23.4 Å². The molecule has 1 unspecified atom stereocenters. The second-order valence-electron chi connectivity index (χ2n) is 4.54. The Morgan fingerprint density at radius 1 is 1.15 bits per heavy atom. The second-order valence-corrected chi connectivity index (χ2v) is 5.65. The monoisotopic (exact) mass is 286 g/mol. The minimum Gasteiger partial charge on any atom is -0.330 e. The molecule has 0 spiro atoms. The minimum absolute atomic E-state index is 0.0476. The molecule has 2 aromatic rings. The lowest BCUT2D eigenvalue weighted by Gasteiger charge is -2.13. The van der Waals surface area contributed by atoms with Gasteiger partial charge in [-0.25, -0.2) is 0 Å². The predicted molar refractivity (Wildman–Crippen MR) is 83.9 cm³/mol. The average molecular weight is 286 g/mol. The molecule has 0 saturated carbocycles. The maximum Gasteiger partial charge on any atom is 0.228 e. The van der Waals surface area contributed by atoms with Crippen LogP contribution in [0.1, 0.15) is 6.92 Å². The summed E-state index contributed by atoms with van der Waals surface area (Å²) in [6.07, 6.45) is 0. The van der Waals surface area contributed by atoms with Crippen molar-refractivity contribution in [1.29, 1.82) is 0 Å². The molecule has 1 amide bonds. The molecular formula is C16H18N2OS. The predicted octanol–water partition coefficient (Wildman–Crippen LogP) is 3.37. The normalized spacial score (nSPS) is 11.9. The van der Waals surface area contributed by atoms with Gasteiger partial charge in [0.15, 0.2) is 0 Å². The Labute approximate surface area is 123 Å². The van der Waals surface area contributed by atoms with Gasteiger partial charge < -0.3 is 11.1 Å². The third kappa shape index (κ3) is 3.85. The van der Waals surface area contributed by atoms with E-state index >= 15 is 0 Å². The average Bonchev–Trinajstić information content (AvgIpc) is 2.49. The molecule has 0 saturated heterocycles. The van der Waals surface area contributed by atoms with Crippen molar-refractivity contribution in [3.05, 3.63) is 54.6 Å². The van der Waals surface area contributed by atoms with E-state index in [0.29, 0.717) is 6.54 Å². The number of nitrogens with one attached hydrogen (secondary N) is 1. The highest BCUT2D eigenvalue weighted by Gasteiger charge is 2.13. The zero-order chi connectivity index (χ0) is 14.4. The molecule has 0 aliphatic carbocycles. The highest BCUT2D eigenvalue weighted by atomic mass is 32.2. The van der Waals surface area contributed by atoms with Crippen LogP contribution in [0.15, 0.2) is 64.4 Å². The number of rotatable bonds is 5. The molecule has 0 aromatic heterocycles. The smallest absolute Gasteiger partial charge is 0.228 e. The van der Waals surface area contributed by atoms with Gasteiger partial charge in [-0.2, -0.15) is 0 Å². The summed E-state index contributed by atoms with van der Waals surface area (Å²) >= 11 is 1.63. The fourth-order valence-corrected chi connectivity index (χ4v) is 2.56. The zero-order valence-electron chi connectivity index (χ0n) is 11.4. The number of anilines is 1. The van der Waals surface area contributed by atoms with Gasteiger partial charge in [0.1, 0.15) is 0 Å². The van der Waals surface area contributed by atoms with Crippen LogP contribution in [0.3, 0.4) is 0 Å². The number of amides is 1. The van der Waals surface area contributed by atoms with Crippen molar-refractivity contribution in [3.63, 3.8) is 0 Å². The molecule has 0 heterocycles. The topological polar surface area (TPSA) is 55.1 Å². The molecule has 2 aromatic carbocycles. The zero-order valence-corrected chi connectivity index (χ0v) is 12.2. The molecular weight excluding hydrogens is 268 g/mol. The van der Waals surface area contributed by atoms with E-state index in [1.165, 1.54) is 0 Å². The van der Waals surface area contributed by atoms with Crippen molar-refractivity contribution in [2.24, 2.45) is 11.7 Å². The summed E-state index contributed by atoms with van der Waals surface area (Å²) in [5.41, 5.74) is 6.35. The van der Waals surface area contributed by atoms with Gasteiger partial charge in [0.05, 0.1) is 5.69 Å². The third-order valence-electron chi connectivity index (χ3n) is 2.92. The molecule has 1 atom stereocenters. The highest BCUT2D eigenvalue weighted by molar-refractivity contribution is 7.99. The number of carbonyl (C=O) groups is 1. The van der Waals surface area contributed by atoms with Crippen molar-refractivity contribution in [2.45, 2.75) is 16.7 Å². The third-order valence-corrected chi connectivity index (χ3v) is 4.00. The minimum atomic E-state index is -0.190. The molecule has 0 radical (unpaired) electrons. The Morgan fingerprint density at radius 3 is 2.50 bits per heavy atom. The van der Waals surface area contributed by atoms with Crippen molar-refractivity contribution in [1.82, 2.24) is 0 Å². The summed E-state index contributed by atoms with van der Waals surface area (Å²) in [6, 6.07) is 17.9. The van der Waals surface area contributed by atoms with Gasteiger partial charge in [-0.05, 0) is 24.3 Å². The van der Waals surface area contributed by atoms with Gasteiger partial charge in [0, 0.05) is 22.3 Å². The number of hydrogen-bond acceptors (Lipinski definition) is 3. The van der Waals surface area contributed by atoms with Crippen LogP contribution >= 0.6 is 11.8 Å². The van der Waals surface area contributed by atoms with Crippen LogP contribution in [0, 0.1) is 5.92 Å². The number of hydrogen-bond donors (Lipinski definition) is 2. The van der Waals surface area contributed by atoms with Crippen molar-refractivity contribution in [3.8, 4) is 0 Å². The van der Waals surface area contributed by atoms with Gasteiger partial charge in [-0.15, -0.1) is 0 Å². The largest absolute Gasteiger partial charge is 0.330 e. The Bertz CT molecular complexity index is 572. The molecule has 4 heteroatoms. The number of nitrogens with two attached hydrogens (primary N) is 1.